The van der Waals surface area contributed by atoms with Crippen molar-refractivity contribution < 1.29 is 9.59 Å². The lowest BCUT2D eigenvalue weighted by atomic mass is 10.1. The summed E-state index contributed by atoms with van der Waals surface area (Å²) in [6.07, 6.45) is 0. The molecule has 2 aromatic rings. The Morgan fingerprint density at radius 3 is 2.36 bits per heavy atom. The minimum absolute atomic E-state index is 0.0165. The standard InChI is InChI=1S/C18H14BrNO2/c1-12(21)16-11-14(8-9-17(16)19)7-6-13-4-3-5-15(10-13)18(22)20-2/h3-5,8-11H,1-2H3,(H,20,22). The summed E-state index contributed by atoms with van der Waals surface area (Å²) in [5.74, 6) is 5.86. The van der Waals surface area contributed by atoms with Gasteiger partial charge in [-0.15, -0.1) is 0 Å². The molecule has 110 valence electrons. The maximum atomic E-state index is 11.6. The molecule has 1 amide bonds. The van der Waals surface area contributed by atoms with Crippen LogP contribution in [0.5, 0.6) is 0 Å². The van der Waals surface area contributed by atoms with Crippen LogP contribution in [0.25, 0.3) is 0 Å². The van der Waals surface area contributed by atoms with E-state index < -0.39 is 0 Å². The predicted molar refractivity (Wildman–Crippen MR) is 90.0 cm³/mol. The molecule has 0 unspecified atom stereocenters. The van der Waals surface area contributed by atoms with Crippen LogP contribution in [-0.2, 0) is 0 Å². The second-order valence-corrected chi connectivity index (χ2v) is 5.52. The molecule has 0 heterocycles. The van der Waals surface area contributed by atoms with Crippen molar-refractivity contribution in [2.75, 3.05) is 7.05 Å². The SMILES string of the molecule is CNC(=O)c1cccc(C#Cc2ccc(Br)c(C(C)=O)c2)c1. The van der Waals surface area contributed by atoms with Crippen LogP contribution >= 0.6 is 15.9 Å². The number of amides is 1. The van der Waals surface area contributed by atoms with Crippen molar-refractivity contribution in [2.24, 2.45) is 0 Å². The van der Waals surface area contributed by atoms with Gasteiger partial charge in [-0.1, -0.05) is 33.8 Å². The number of nitrogens with one attached hydrogen (secondary N) is 1. The van der Waals surface area contributed by atoms with Crippen LogP contribution in [0, 0.1) is 11.8 Å². The summed E-state index contributed by atoms with van der Waals surface area (Å²) in [4.78, 5) is 23.1. The highest BCUT2D eigenvalue weighted by molar-refractivity contribution is 9.10. The highest BCUT2D eigenvalue weighted by atomic mass is 79.9. The Hall–Kier alpha value is -2.38. The molecule has 0 aliphatic rings. The average molecular weight is 356 g/mol. The molecule has 22 heavy (non-hydrogen) atoms. The van der Waals surface area contributed by atoms with Gasteiger partial charge in [0, 0.05) is 33.8 Å². The topological polar surface area (TPSA) is 46.2 Å². The smallest absolute Gasteiger partial charge is 0.251 e. The van der Waals surface area contributed by atoms with Crippen molar-refractivity contribution in [2.45, 2.75) is 6.92 Å². The molecule has 0 atom stereocenters. The van der Waals surface area contributed by atoms with Gasteiger partial charge in [0.1, 0.15) is 0 Å². The Morgan fingerprint density at radius 2 is 1.73 bits per heavy atom. The second-order valence-electron chi connectivity index (χ2n) is 4.66. The van der Waals surface area contributed by atoms with Gasteiger partial charge in [-0.25, -0.2) is 0 Å². The minimum Gasteiger partial charge on any atom is -0.355 e. The molecular weight excluding hydrogens is 342 g/mol. The summed E-state index contributed by atoms with van der Waals surface area (Å²) in [5.41, 5.74) is 2.66. The van der Waals surface area contributed by atoms with E-state index in [4.69, 9.17) is 0 Å². The van der Waals surface area contributed by atoms with Crippen molar-refractivity contribution in [1.82, 2.24) is 5.32 Å². The largest absolute Gasteiger partial charge is 0.355 e. The maximum absolute atomic E-state index is 11.6. The first-order valence-electron chi connectivity index (χ1n) is 6.66. The van der Waals surface area contributed by atoms with E-state index in [0.29, 0.717) is 11.1 Å². The van der Waals surface area contributed by atoms with Gasteiger partial charge in [0.15, 0.2) is 5.78 Å². The van der Waals surface area contributed by atoms with Gasteiger partial charge in [-0.05, 0) is 43.3 Å². The summed E-state index contributed by atoms with van der Waals surface area (Å²) in [5, 5.41) is 2.58. The number of Topliss-reactive ketones (excluding diaryl/α,β-unsaturated/α-hetero) is 1. The molecule has 1 N–H and O–H groups in total. The molecule has 4 heteroatoms. The van der Waals surface area contributed by atoms with E-state index in [1.807, 2.05) is 18.2 Å². The molecule has 0 spiro atoms. The highest BCUT2D eigenvalue weighted by Gasteiger charge is 2.05. The van der Waals surface area contributed by atoms with Crippen molar-refractivity contribution >= 4 is 27.6 Å². The molecule has 2 rings (SSSR count). The van der Waals surface area contributed by atoms with E-state index in [1.165, 1.54) is 6.92 Å². The number of benzene rings is 2. The van der Waals surface area contributed by atoms with E-state index in [-0.39, 0.29) is 11.7 Å². The van der Waals surface area contributed by atoms with Crippen LogP contribution in [0.4, 0.5) is 0 Å². The number of carbonyl (C=O) groups excluding carboxylic acids is 2. The Morgan fingerprint density at radius 1 is 1.05 bits per heavy atom. The summed E-state index contributed by atoms with van der Waals surface area (Å²) in [7, 11) is 1.59. The third-order valence-corrected chi connectivity index (χ3v) is 3.74. The molecule has 0 radical (unpaired) electrons. The lowest BCUT2D eigenvalue weighted by Gasteiger charge is -2.01. The van der Waals surface area contributed by atoms with Gasteiger partial charge in [0.25, 0.3) is 5.91 Å². The summed E-state index contributed by atoms with van der Waals surface area (Å²) >= 11 is 3.35. The fourth-order valence-corrected chi connectivity index (χ4v) is 2.43. The number of hydrogen-bond donors (Lipinski definition) is 1. The van der Waals surface area contributed by atoms with Crippen LogP contribution < -0.4 is 5.32 Å². The van der Waals surface area contributed by atoms with Crippen molar-refractivity contribution in [3.63, 3.8) is 0 Å². The van der Waals surface area contributed by atoms with Crippen molar-refractivity contribution in [3.8, 4) is 11.8 Å². The Kier molecular flexibility index (Phi) is 5.13. The van der Waals surface area contributed by atoms with Crippen LogP contribution in [0.1, 0.15) is 38.8 Å². The zero-order valence-electron chi connectivity index (χ0n) is 12.2. The molecule has 0 saturated heterocycles. The molecular formula is C18H14BrNO2. The third-order valence-electron chi connectivity index (χ3n) is 3.05. The van der Waals surface area contributed by atoms with Crippen LogP contribution in [-0.4, -0.2) is 18.7 Å². The van der Waals surface area contributed by atoms with E-state index >= 15 is 0 Å². The molecule has 0 aromatic heterocycles. The molecule has 2 aromatic carbocycles. The summed E-state index contributed by atoms with van der Waals surface area (Å²) < 4.78 is 0.757. The first-order chi connectivity index (χ1) is 10.5. The zero-order chi connectivity index (χ0) is 16.1. The molecule has 0 fully saturated rings. The minimum atomic E-state index is -0.147. The fourth-order valence-electron chi connectivity index (χ4n) is 1.90. The molecule has 0 saturated carbocycles. The second kappa shape index (κ2) is 7.06. The highest BCUT2D eigenvalue weighted by Crippen LogP contribution is 2.18. The van der Waals surface area contributed by atoms with Gasteiger partial charge in [0.05, 0.1) is 0 Å². The molecule has 3 nitrogen and oxygen atoms in total. The Balaban J connectivity index is 2.33. The monoisotopic (exact) mass is 355 g/mol. The van der Waals surface area contributed by atoms with Crippen LogP contribution in [0.2, 0.25) is 0 Å². The summed E-state index contributed by atoms with van der Waals surface area (Å²) in [6, 6.07) is 12.5. The number of carbonyl (C=O) groups is 2. The first-order valence-corrected chi connectivity index (χ1v) is 7.45. The number of ketones is 1. The Labute approximate surface area is 137 Å². The lowest BCUT2D eigenvalue weighted by Crippen LogP contribution is -2.17. The van der Waals surface area contributed by atoms with Crippen LogP contribution in [0.3, 0.4) is 0 Å². The molecule has 0 bridgehead atoms. The third kappa shape index (κ3) is 3.84. The summed E-state index contributed by atoms with van der Waals surface area (Å²) in [6.45, 7) is 1.52. The lowest BCUT2D eigenvalue weighted by molar-refractivity contribution is 0.0961. The van der Waals surface area contributed by atoms with Crippen molar-refractivity contribution in [1.29, 1.82) is 0 Å². The van der Waals surface area contributed by atoms with Gasteiger partial charge in [0.2, 0.25) is 0 Å². The van der Waals surface area contributed by atoms with Gasteiger partial charge in [-0.2, -0.15) is 0 Å². The normalized spacial score (nSPS) is 9.59. The quantitative estimate of drug-likeness (QED) is 0.662. The predicted octanol–water partition coefficient (Wildman–Crippen LogP) is 3.41. The van der Waals surface area contributed by atoms with Gasteiger partial charge in [-0.3, -0.25) is 9.59 Å². The van der Waals surface area contributed by atoms with E-state index in [9.17, 15) is 9.59 Å². The number of hydrogen-bond acceptors (Lipinski definition) is 2. The first kappa shape index (κ1) is 16.0. The molecule has 0 aliphatic carbocycles. The van der Waals surface area contributed by atoms with E-state index in [2.05, 4.69) is 33.1 Å². The fraction of sp³-hybridized carbons (Fsp3) is 0.111. The van der Waals surface area contributed by atoms with Gasteiger partial charge >= 0.3 is 0 Å². The number of rotatable bonds is 2. The average Bonchev–Trinajstić information content (AvgIpc) is 2.53. The maximum Gasteiger partial charge on any atom is 0.251 e. The molecule has 0 aliphatic heterocycles. The van der Waals surface area contributed by atoms with E-state index in [0.717, 1.165) is 15.6 Å². The Bertz CT molecular complexity index is 800. The van der Waals surface area contributed by atoms with Gasteiger partial charge < -0.3 is 5.32 Å². The van der Waals surface area contributed by atoms with Crippen LogP contribution in [0.15, 0.2) is 46.9 Å². The zero-order valence-corrected chi connectivity index (χ0v) is 13.8. The van der Waals surface area contributed by atoms with Crippen molar-refractivity contribution in [3.05, 3.63) is 69.2 Å². The van der Waals surface area contributed by atoms with E-state index in [1.54, 1.807) is 31.3 Å². The number of halogens is 1.